The van der Waals surface area contributed by atoms with E-state index >= 15 is 0 Å². The molecule has 1 atom stereocenters. The summed E-state index contributed by atoms with van der Waals surface area (Å²) in [6.07, 6.45) is -18.0. The Morgan fingerprint density at radius 1 is 0.821 bits per heavy atom. The molecule has 0 amide bonds. The zero-order chi connectivity index (χ0) is 29.2. The molecule has 3 nitrogen and oxygen atoms in total. The molecular weight excluding hydrogens is 572 g/mol. The maximum absolute atomic E-state index is 14.2. The Kier molecular flexibility index (Phi) is 8.95. The third-order valence-corrected chi connectivity index (χ3v) is 5.79. The van der Waals surface area contributed by atoms with E-state index in [9.17, 15) is 49.0 Å². The molecule has 3 aromatic carbocycles. The molecule has 212 valence electrons. The molecule has 14 heteroatoms. The van der Waals surface area contributed by atoms with Crippen LogP contribution in [0.5, 0.6) is 11.5 Å². The Balaban J connectivity index is 1.90. The summed E-state index contributed by atoms with van der Waals surface area (Å²) in [5.41, 5.74) is -2.80. The molecule has 0 aliphatic carbocycles. The van der Waals surface area contributed by atoms with Gasteiger partial charge in [-0.3, -0.25) is 0 Å². The molecule has 0 saturated heterocycles. The minimum atomic E-state index is -5.05. The normalized spacial score (nSPS) is 13.3. The van der Waals surface area contributed by atoms with Crippen LogP contribution in [0.2, 0.25) is 5.02 Å². The van der Waals surface area contributed by atoms with Crippen molar-refractivity contribution in [2.24, 2.45) is 0 Å². The third-order valence-electron chi connectivity index (χ3n) is 5.46. The van der Waals surface area contributed by atoms with E-state index in [2.05, 4.69) is 0 Å². The van der Waals surface area contributed by atoms with Gasteiger partial charge in [0.1, 0.15) is 17.3 Å². The highest BCUT2D eigenvalue weighted by atomic mass is 35.5. The van der Waals surface area contributed by atoms with E-state index in [0.29, 0.717) is 24.3 Å². The van der Waals surface area contributed by atoms with E-state index in [0.717, 1.165) is 23.1 Å². The number of nitrogens with zero attached hydrogens (tertiary/aromatic N) is 1. The van der Waals surface area contributed by atoms with Crippen LogP contribution >= 0.6 is 11.6 Å². The molecule has 0 saturated carbocycles. The van der Waals surface area contributed by atoms with Gasteiger partial charge in [-0.05, 0) is 60.5 Å². The summed E-state index contributed by atoms with van der Waals surface area (Å²) < 4.78 is 137. The van der Waals surface area contributed by atoms with Gasteiger partial charge in [-0.15, -0.1) is 0 Å². The molecule has 1 N–H and O–H groups in total. The Bertz CT molecular complexity index is 1290. The zero-order valence-electron chi connectivity index (χ0n) is 19.4. The molecular formula is C25H18ClF10NO2. The van der Waals surface area contributed by atoms with Crippen molar-refractivity contribution in [2.75, 3.05) is 18.0 Å². The fourth-order valence-corrected chi connectivity index (χ4v) is 3.73. The topological polar surface area (TPSA) is 32.7 Å². The summed E-state index contributed by atoms with van der Waals surface area (Å²) in [6, 6.07) is 9.34. The van der Waals surface area contributed by atoms with Crippen molar-refractivity contribution in [1.29, 1.82) is 0 Å². The number of hydrogen-bond donors (Lipinski definition) is 1. The second-order valence-electron chi connectivity index (χ2n) is 8.30. The van der Waals surface area contributed by atoms with Gasteiger partial charge in [0.15, 0.2) is 6.10 Å². The SMILES string of the molecule is OC(CN(CCc1cc(C(F)(F)F)ccc1F)c1cccc(Oc2ccc(Cl)c(C(F)(F)F)c2)c1)C(F)(F)F. The predicted octanol–water partition coefficient (Wildman–Crippen LogP) is 8.28. The zero-order valence-corrected chi connectivity index (χ0v) is 20.2. The highest BCUT2D eigenvalue weighted by Crippen LogP contribution is 2.38. The highest BCUT2D eigenvalue weighted by molar-refractivity contribution is 6.31. The van der Waals surface area contributed by atoms with Crippen LogP contribution in [0.4, 0.5) is 49.6 Å². The molecule has 0 bridgehead atoms. The predicted molar refractivity (Wildman–Crippen MR) is 122 cm³/mol. The molecule has 0 fully saturated rings. The average molecular weight is 590 g/mol. The quantitative estimate of drug-likeness (QED) is 0.268. The third kappa shape index (κ3) is 8.15. The van der Waals surface area contributed by atoms with Gasteiger partial charge in [0, 0.05) is 18.3 Å². The first-order valence-corrected chi connectivity index (χ1v) is 11.3. The van der Waals surface area contributed by atoms with Crippen LogP contribution in [0.1, 0.15) is 16.7 Å². The summed E-state index contributed by atoms with van der Waals surface area (Å²) in [6.45, 7) is -1.54. The Morgan fingerprint density at radius 2 is 1.49 bits per heavy atom. The number of aliphatic hydroxyl groups is 1. The van der Waals surface area contributed by atoms with Crippen molar-refractivity contribution in [1.82, 2.24) is 0 Å². The first-order chi connectivity index (χ1) is 17.9. The van der Waals surface area contributed by atoms with Crippen molar-refractivity contribution < 1.29 is 53.7 Å². The number of rotatable bonds is 8. The maximum Gasteiger partial charge on any atom is 0.417 e. The number of aliphatic hydroxyl groups excluding tert-OH is 1. The van der Waals surface area contributed by atoms with Gasteiger partial charge in [0.05, 0.1) is 22.7 Å². The standard InChI is InChI=1S/C25H18ClF10NO2/c26-20-6-5-18(12-19(20)24(31,32)33)39-17-3-1-2-16(11-17)37(13-22(38)25(34,35)36)9-8-14-10-15(23(28,29)30)4-7-21(14)27/h1-7,10-12,22,38H,8-9,13H2. The van der Waals surface area contributed by atoms with Crippen molar-refractivity contribution in [2.45, 2.75) is 31.1 Å². The molecule has 0 aromatic heterocycles. The lowest BCUT2D eigenvalue weighted by Gasteiger charge is -2.29. The number of hydrogen-bond acceptors (Lipinski definition) is 3. The summed E-state index contributed by atoms with van der Waals surface area (Å²) in [7, 11) is 0. The van der Waals surface area contributed by atoms with Crippen LogP contribution in [-0.2, 0) is 18.8 Å². The van der Waals surface area contributed by atoms with Gasteiger partial charge in [0.2, 0.25) is 0 Å². The molecule has 0 spiro atoms. The molecule has 0 radical (unpaired) electrons. The maximum atomic E-state index is 14.2. The number of ether oxygens (including phenoxy) is 1. The van der Waals surface area contributed by atoms with E-state index < -0.39 is 71.7 Å². The van der Waals surface area contributed by atoms with Crippen molar-refractivity contribution in [3.05, 3.63) is 88.2 Å². The molecule has 3 aromatic rings. The minimum absolute atomic E-state index is 0.0341. The van der Waals surface area contributed by atoms with Crippen LogP contribution in [0.15, 0.2) is 60.7 Å². The first kappa shape index (κ1) is 30.4. The van der Waals surface area contributed by atoms with Gasteiger partial charge in [0.25, 0.3) is 0 Å². The van der Waals surface area contributed by atoms with Crippen molar-refractivity contribution >= 4 is 17.3 Å². The number of benzene rings is 3. The fraction of sp³-hybridized carbons (Fsp3) is 0.280. The van der Waals surface area contributed by atoms with E-state index in [1.165, 1.54) is 18.2 Å². The van der Waals surface area contributed by atoms with Crippen molar-refractivity contribution in [3.8, 4) is 11.5 Å². The van der Waals surface area contributed by atoms with Crippen LogP contribution in [0.3, 0.4) is 0 Å². The monoisotopic (exact) mass is 589 g/mol. The van der Waals surface area contributed by atoms with Gasteiger partial charge in [-0.1, -0.05) is 17.7 Å². The number of anilines is 1. The minimum Gasteiger partial charge on any atom is -0.457 e. The summed E-state index contributed by atoms with van der Waals surface area (Å²) in [5, 5.41) is 9.03. The average Bonchev–Trinajstić information content (AvgIpc) is 2.81. The second kappa shape index (κ2) is 11.5. The Hall–Kier alpha value is -3.19. The fourth-order valence-electron chi connectivity index (χ4n) is 3.50. The summed E-state index contributed by atoms with van der Waals surface area (Å²) in [4.78, 5) is 0.938. The largest absolute Gasteiger partial charge is 0.457 e. The van der Waals surface area contributed by atoms with Crippen LogP contribution in [0, 0.1) is 5.82 Å². The first-order valence-electron chi connectivity index (χ1n) is 10.9. The highest BCUT2D eigenvalue weighted by Gasteiger charge is 2.39. The van der Waals surface area contributed by atoms with E-state index in [4.69, 9.17) is 16.3 Å². The molecule has 3 rings (SSSR count). The molecule has 1 unspecified atom stereocenters. The van der Waals surface area contributed by atoms with Gasteiger partial charge in [-0.2, -0.15) is 39.5 Å². The molecule has 39 heavy (non-hydrogen) atoms. The summed E-state index contributed by atoms with van der Waals surface area (Å²) in [5.74, 6) is -1.42. The molecule has 0 aliphatic rings. The number of alkyl halides is 9. The van der Waals surface area contributed by atoms with Gasteiger partial charge in [-0.25, -0.2) is 4.39 Å². The summed E-state index contributed by atoms with van der Waals surface area (Å²) >= 11 is 5.58. The molecule has 0 heterocycles. The lowest BCUT2D eigenvalue weighted by molar-refractivity contribution is -0.200. The second-order valence-corrected chi connectivity index (χ2v) is 8.70. The lowest BCUT2D eigenvalue weighted by Crippen LogP contribution is -2.42. The van der Waals surface area contributed by atoms with Crippen LogP contribution in [0.25, 0.3) is 0 Å². The molecule has 0 aliphatic heterocycles. The lowest BCUT2D eigenvalue weighted by atomic mass is 10.1. The van der Waals surface area contributed by atoms with E-state index in [-0.39, 0.29) is 17.2 Å². The van der Waals surface area contributed by atoms with Crippen LogP contribution < -0.4 is 9.64 Å². The Morgan fingerprint density at radius 3 is 2.10 bits per heavy atom. The van der Waals surface area contributed by atoms with Crippen molar-refractivity contribution in [3.63, 3.8) is 0 Å². The Labute approximate surface area is 220 Å². The number of halogens is 11. The van der Waals surface area contributed by atoms with E-state index in [1.54, 1.807) is 0 Å². The smallest absolute Gasteiger partial charge is 0.417 e. The van der Waals surface area contributed by atoms with E-state index in [1.807, 2.05) is 0 Å². The van der Waals surface area contributed by atoms with Crippen LogP contribution in [-0.4, -0.2) is 30.5 Å². The van der Waals surface area contributed by atoms with Gasteiger partial charge >= 0.3 is 18.5 Å². The van der Waals surface area contributed by atoms with Gasteiger partial charge < -0.3 is 14.7 Å².